The van der Waals surface area contributed by atoms with Crippen LogP contribution in [0.25, 0.3) is 0 Å². The molecule has 0 saturated heterocycles. The molecule has 1 aromatic heterocycles. The smallest absolute Gasteiger partial charge is 0.271 e. The van der Waals surface area contributed by atoms with Gasteiger partial charge in [-0.05, 0) is 18.2 Å². The van der Waals surface area contributed by atoms with Gasteiger partial charge in [-0.15, -0.1) is 0 Å². The number of fused-ring (bicyclic) bond motifs is 1. The normalized spacial score (nSPS) is 13.5. The average molecular weight is 328 g/mol. The van der Waals surface area contributed by atoms with Crippen LogP contribution in [0.15, 0.2) is 36.4 Å². The lowest BCUT2D eigenvalue weighted by atomic mass is 10.2. The molecule has 7 nitrogen and oxygen atoms in total. The maximum atomic E-state index is 12.5. The summed E-state index contributed by atoms with van der Waals surface area (Å²) in [6, 6.07) is 10.9. The molecule has 2 amide bonds. The van der Waals surface area contributed by atoms with Gasteiger partial charge in [0.15, 0.2) is 5.69 Å². The molecule has 0 bridgehead atoms. The first kappa shape index (κ1) is 16.2. The van der Waals surface area contributed by atoms with Gasteiger partial charge in [0.1, 0.15) is 0 Å². The lowest BCUT2D eigenvalue weighted by Gasteiger charge is -2.27. The van der Waals surface area contributed by atoms with Gasteiger partial charge in [-0.2, -0.15) is 5.10 Å². The summed E-state index contributed by atoms with van der Waals surface area (Å²) in [5.41, 5.74) is 1.90. The number of methoxy groups -OCH3 is 1. The fourth-order valence-electron chi connectivity index (χ4n) is 2.67. The zero-order chi connectivity index (χ0) is 16.9. The van der Waals surface area contributed by atoms with Crippen molar-refractivity contribution >= 4 is 11.8 Å². The van der Waals surface area contributed by atoms with Gasteiger partial charge in [0.05, 0.1) is 25.4 Å². The highest BCUT2D eigenvalue weighted by molar-refractivity contribution is 5.94. The number of nitrogens with zero attached hydrogens (tertiary/aromatic N) is 3. The third-order valence-corrected chi connectivity index (χ3v) is 3.93. The third kappa shape index (κ3) is 3.46. The Kier molecular flexibility index (Phi) is 4.90. The number of carbonyl (C=O) groups is 2. The van der Waals surface area contributed by atoms with Crippen molar-refractivity contribution in [1.82, 2.24) is 20.0 Å². The number of aromatic nitrogens is 2. The largest absolute Gasteiger partial charge is 0.383 e. The van der Waals surface area contributed by atoms with Gasteiger partial charge in [0.2, 0.25) is 0 Å². The number of hydrogen-bond acceptors (Lipinski definition) is 4. The van der Waals surface area contributed by atoms with E-state index >= 15 is 0 Å². The van der Waals surface area contributed by atoms with Crippen molar-refractivity contribution in [3.8, 4) is 0 Å². The van der Waals surface area contributed by atoms with Crippen molar-refractivity contribution in [3.63, 3.8) is 0 Å². The third-order valence-electron chi connectivity index (χ3n) is 3.93. The van der Waals surface area contributed by atoms with E-state index in [1.54, 1.807) is 22.8 Å². The molecular weight excluding hydrogens is 308 g/mol. The summed E-state index contributed by atoms with van der Waals surface area (Å²) >= 11 is 0. The van der Waals surface area contributed by atoms with E-state index in [0.29, 0.717) is 44.0 Å². The molecule has 0 unspecified atom stereocenters. The Morgan fingerprint density at radius 2 is 2.04 bits per heavy atom. The molecule has 126 valence electrons. The number of hydrogen-bond donors (Lipinski definition) is 1. The first-order chi connectivity index (χ1) is 11.7. The summed E-state index contributed by atoms with van der Waals surface area (Å²) in [6.07, 6.45) is 0. The average Bonchev–Trinajstić information content (AvgIpc) is 3.05. The highest BCUT2D eigenvalue weighted by Gasteiger charge is 2.24. The minimum atomic E-state index is -0.227. The fourth-order valence-corrected chi connectivity index (χ4v) is 2.67. The molecule has 7 heteroatoms. The quantitative estimate of drug-likeness (QED) is 0.828. The lowest BCUT2D eigenvalue weighted by molar-refractivity contribution is 0.0705. The van der Waals surface area contributed by atoms with E-state index in [1.165, 1.54) is 0 Å². The van der Waals surface area contributed by atoms with Gasteiger partial charge in [-0.1, -0.05) is 18.2 Å². The minimum absolute atomic E-state index is 0.00542. The molecule has 0 fully saturated rings. The maximum Gasteiger partial charge on any atom is 0.271 e. The SMILES string of the molecule is COCCNC(=O)c1cc2n(n1)CCN(C(=O)c1ccccc1)C2. The standard InChI is InChI=1S/C17H20N4O3/c1-24-10-7-18-16(22)15-11-14-12-20(8-9-21(14)19-15)17(23)13-5-3-2-4-6-13/h2-6,11H,7-10,12H2,1H3,(H,18,22). The van der Waals surface area contributed by atoms with E-state index in [2.05, 4.69) is 10.4 Å². The van der Waals surface area contributed by atoms with Gasteiger partial charge in [-0.25, -0.2) is 0 Å². The van der Waals surface area contributed by atoms with E-state index in [0.717, 1.165) is 5.69 Å². The molecule has 1 aromatic carbocycles. The molecule has 3 rings (SSSR count). The second-order valence-corrected chi connectivity index (χ2v) is 5.59. The molecule has 0 radical (unpaired) electrons. The van der Waals surface area contributed by atoms with Crippen LogP contribution in [0.5, 0.6) is 0 Å². The Morgan fingerprint density at radius 3 is 2.79 bits per heavy atom. The summed E-state index contributed by atoms with van der Waals surface area (Å²) in [6.45, 7) is 2.51. The second-order valence-electron chi connectivity index (χ2n) is 5.59. The maximum absolute atomic E-state index is 12.5. The summed E-state index contributed by atoms with van der Waals surface area (Å²) in [5, 5.41) is 7.07. The van der Waals surface area contributed by atoms with Crippen molar-refractivity contribution < 1.29 is 14.3 Å². The molecule has 1 N–H and O–H groups in total. The Morgan fingerprint density at radius 1 is 1.25 bits per heavy atom. The van der Waals surface area contributed by atoms with E-state index in [4.69, 9.17) is 4.74 Å². The topological polar surface area (TPSA) is 76.5 Å². The van der Waals surface area contributed by atoms with Crippen LogP contribution in [0.3, 0.4) is 0 Å². The Labute approximate surface area is 140 Å². The van der Waals surface area contributed by atoms with Crippen molar-refractivity contribution in [3.05, 3.63) is 53.3 Å². The van der Waals surface area contributed by atoms with Crippen molar-refractivity contribution in [2.75, 3.05) is 26.8 Å². The van der Waals surface area contributed by atoms with Gasteiger partial charge in [0, 0.05) is 25.8 Å². The summed E-state index contributed by atoms with van der Waals surface area (Å²) in [4.78, 5) is 26.4. The van der Waals surface area contributed by atoms with Crippen LogP contribution in [-0.4, -0.2) is 53.3 Å². The van der Waals surface area contributed by atoms with Gasteiger partial charge in [-0.3, -0.25) is 14.3 Å². The summed E-state index contributed by atoms with van der Waals surface area (Å²) in [7, 11) is 1.58. The number of nitrogens with one attached hydrogen (secondary N) is 1. The van der Waals surface area contributed by atoms with Crippen LogP contribution < -0.4 is 5.32 Å². The second kappa shape index (κ2) is 7.27. The van der Waals surface area contributed by atoms with Crippen molar-refractivity contribution in [2.45, 2.75) is 13.1 Å². The molecule has 1 aliphatic heterocycles. The first-order valence-electron chi connectivity index (χ1n) is 7.87. The number of ether oxygens (including phenoxy) is 1. The highest BCUT2D eigenvalue weighted by atomic mass is 16.5. The van der Waals surface area contributed by atoms with E-state index < -0.39 is 0 Å². The first-order valence-corrected chi connectivity index (χ1v) is 7.87. The van der Waals surface area contributed by atoms with Crippen LogP contribution in [0.4, 0.5) is 0 Å². The monoisotopic (exact) mass is 328 g/mol. The molecule has 0 aliphatic carbocycles. The van der Waals surface area contributed by atoms with Crippen LogP contribution in [0, 0.1) is 0 Å². The molecule has 2 aromatic rings. The predicted octanol–water partition coefficient (Wildman–Crippen LogP) is 0.915. The van der Waals surface area contributed by atoms with E-state index in [1.807, 2.05) is 30.3 Å². The van der Waals surface area contributed by atoms with Crippen molar-refractivity contribution in [2.24, 2.45) is 0 Å². The predicted molar refractivity (Wildman–Crippen MR) is 87.6 cm³/mol. The number of carbonyl (C=O) groups excluding carboxylic acids is 2. The van der Waals surface area contributed by atoms with Crippen LogP contribution >= 0.6 is 0 Å². The Balaban J connectivity index is 1.68. The highest BCUT2D eigenvalue weighted by Crippen LogP contribution is 2.16. The molecule has 0 saturated carbocycles. The molecule has 2 heterocycles. The van der Waals surface area contributed by atoms with Gasteiger partial charge >= 0.3 is 0 Å². The lowest BCUT2D eigenvalue weighted by Crippen LogP contribution is -2.38. The molecular formula is C17H20N4O3. The van der Waals surface area contributed by atoms with Gasteiger partial charge in [0.25, 0.3) is 11.8 Å². The van der Waals surface area contributed by atoms with Crippen LogP contribution in [0.1, 0.15) is 26.5 Å². The van der Waals surface area contributed by atoms with Gasteiger partial charge < -0.3 is 15.0 Å². The molecule has 24 heavy (non-hydrogen) atoms. The molecule has 0 atom stereocenters. The zero-order valence-electron chi connectivity index (χ0n) is 13.6. The molecule has 0 spiro atoms. The number of amides is 2. The van der Waals surface area contributed by atoms with Crippen LogP contribution in [-0.2, 0) is 17.8 Å². The van der Waals surface area contributed by atoms with Crippen LogP contribution in [0.2, 0.25) is 0 Å². The zero-order valence-corrected chi connectivity index (χ0v) is 13.6. The summed E-state index contributed by atoms with van der Waals surface area (Å²) < 4.78 is 6.70. The van der Waals surface area contributed by atoms with Crippen molar-refractivity contribution in [1.29, 1.82) is 0 Å². The molecule has 1 aliphatic rings. The number of benzene rings is 1. The number of rotatable bonds is 5. The Hall–Kier alpha value is -2.67. The minimum Gasteiger partial charge on any atom is -0.383 e. The fraction of sp³-hybridized carbons (Fsp3) is 0.353. The van der Waals surface area contributed by atoms with E-state index in [-0.39, 0.29) is 11.8 Å². The summed E-state index contributed by atoms with van der Waals surface area (Å²) in [5.74, 6) is -0.232. The van der Waals surface area contributed by atoms with E-state index in [9.17, 15) is 9.59 Å². The Bertz CT molecular complexity index is 727.